The van der Waals surface area contributed by atoms with Gasteiger partial charge in [0.05, 0.1) is 16.6 Å². The molecule has 1 rings (SSSR count). The van der Waals surface area contributed by atoms with Crippen LogP contribution in [0.4, 0.5) is 5.69 Å². The summed E-state index contributed by atoms with van der Waals surface area (Å²) in [5, 5.41) is 30.2. The molecule has 0 aromatic heterocycles. The van der Waals surface area contributed by atoms with Gasteiger partial charge in [-0.3, -0.25) is 10.1 Å². The van der Waals surface area contributed by atoms with Crippen LogP contribution in [0.3, 0.4) is 0 Å². The van der Waals surface area contributed by atoms with Crippen molar-refractivity contribution < 1.29 is 19.9 Å². The highest BCUT2D eigenvalue weighted by molar-refractivity contribution is 5.37. The number of benzene rings is 1. The minimum absolute atomic E-state index is 0.0252. The second-order valence-corrected chi connectivity index (χ2v) is 5.73. The second-order valence-electron chi connectivity index (χ2n) is 5.73. The SMILES string of the molecule is CN(CC(O)COc1cccc([N+](=O)[O-])c1)CC(C)(C)O. The Morgan fingerprint density at radius 1 is 1.48 bits per heavy atom. The minimum atomic E-state index is -0.838. The van der Waals surface area contributed by atoms with Gasteiger partial charge in [0.15, 0.2) is 0 Å². The number of aliphatic hydroxyl groups is 2. The lowest BCUT2D eigenvalue weighted by Gasteiger charge is -2.27. The summed E-state index contributed by atoms with van der Waals surface area (Å²) in [6.07, 6.45) is -0.753. The smallest absolute Gasteiger partial charge is 0.273 e. The molecule has 21 heavy (non-hydrogen) atoms. The Morgan fingerprint density at radius 3 is 2.71 bits per heavy atom. The predicted molar refractivity (Wildman–Crippen MR) is 78.4 cm³/mol. The van der Waals surface area contributed by atoms with Crippen molar-refractivity contribution in [2.24, 2.45) is 0 Å². The molecular weight excluding hydrogens is 276 g/mol. The Kier molecular flexibility index (Phi) is 6.07. The van der Waals surface area contributed by atoms with E-state index in [9.17, 15) is 20.3 Å². The van der Waals surface area contributed by atoms with Gasteiger partial charge in [0.1, 0.15) is 18.5 Å². The van der Waals surface area contributed by atoms with Crippen LogP contribution in [0.2, 0.25) is 0 Å². The average Bonchev–Trinajstić information content (AvgIpc) is 2.34. The minimum Gasteiger partial charge on any atom is -0.491 e. The van der Waals surface area contributed by atoms with E-state index in [2.05, 4.69) is 0 Å². The molecule has 0 aliphatic rings. The summed E-state index contributed by atoms with van der Waals surface area (Å²) in [6.45, 7) is 4.15. The molecule has 0 aliphatic carbocycles. The molecule has 0 aliphatic heterocycles. The number of hydrogen-bond donors (Lipinski definition) is 2. The first-order valence-electron chi connectivity index (χ1n) is 6.63. The third kappa shape index (κ3) is 7.03. The summed E-state index contributed by atoms with van der Waals surface area (Å²) in [4.78, 5) is 11.9. The van der Waals surface area contributed by atoms with E-state index in [1.807, 2.05) is 0 Å². The molecule has 1 atom stereocenters. The molecule has 0 amide bonds. The lowest BCUT2D eigenvalue weighted by molar-refractivity contribution is -0.384. The quantitative estimate of drug-likeness (QED) is 0.550. The summed E-state index contributed by atoms with van der Waals surface area (Å²) >= 11 is 0. The zero-order valence-corrected chi connectivity index (χ0v) is 12.5. The number of likely N-dealkylation sites (N-methyl/N-ethyl adjacent to an activating group) is 1. The number of aliphatic hydroxyl groups excluding tert-OH is 1. The molecule has 7 heteroatoms. The molecule has 0 fully saturated rings. The molecule has 0 bridgehead atoms. The fourth-order valence-corrected chi connectivity index (χ4v) is 2.02. The van der Waals surface area contributed by atoms with E-state index in [1.54, 1.807) is 31.9 Å². The molecule has 0 saturated carbocycles. The van der Waals surface area contributed by atoms with Crippen LogP contribution in [0.5, 0.6) is 5.75 Å². The maximum absolute atomic E-state index is 10.6. The molecule has 1 aromatic rings. The summed E-state index contributed by atoms with van der Waals surface area (Å²) in [7, 11) is 1.79. The van der Waals surface area contributed by atoms with Crippen LogP contribution in [0.1, 0.15) is 13.8 Å². The highest BCUT2D eigenvalue weighted by Gasteiger charge is 2.18. The highest BCUT2D eigenvalue weighted by atomic mass is 16.6. The van der Waals surface area contributed by atoms with Crippen molar-refractivity contribution in [2.75, 3.05) is 26.7 Å². The third-order valence-electron chi connectivity index (χ3n) is 2.65. The molecule has 0 spiro atoms. The van der Waals surface area contributed by atoms with Crippen LogP contribution >= 0.6 is 0 Å². The van der Waals surface area contributed by atoms with Crippen LogP contribution < -0.4 is 4.74 Å². The van der Waals surface area contributed by atoms with Crippen molar-refractivity contribution in [3.63, 3.8) is 0 Å². The van der Waals surface area contributed by atoms with Crippen molar-refractivity contribution in [2.45, 2.75) is 25.6 Å². The van der Waals surface area contributed by atoms with Crippen LogP contribution in [0.15, 0.2) is 24.3 Å². The Hall–Kier alpha value is -1.70. The van der Waals surface area contributed by atoms with Gasteiger partial charge in [-0.2, -0.15) is 0 Å². The lowest BCUT2D eigenvalue weighted by Crippen LogP contribution is -2.41. The fraction of sp³-hybridized carbons (Fsp3) is 0.571. The van der Waals surface area contributed by atoms with E-state index in [4.69, 9.17) is 4.74 Å². The Bertz CT molecular complexity index is 473. The molecule has 7 nitrogen and oxygen atoms in total. The van der Waals surface area contributed by atoms with E-state index in [0.29, 0.717) is 18.8 Å². The molecule has 0 radical (unpaired) electrons. The number of nitro benzene ring substituents is 1. The standard InChI is InChI=1S/C14H22N2O5/c1-14(2,18)10-15(3)8-12(17)9-21-13-6-4-5-11(7-13)16(19)20/h4-7,12,17-18H,8-10H2,1-3H3. The average molecular weight is 298 g/mol. The van der Waals surface area contributed by atoms with Gasteiger partial charge in [0.25, 0.3) is 5.69 Å². The summed E-state index contributed by atoms with van der Waals surface area (Å²) in [5.74, 6) is 0.341. The van der Waals surface area contributed by atoms with Gasteiger partial charge in [0, 0.05) is 19.2 Å². The number of rotatable bonds is 8. The van der Waals surface area contributed by atoms with Crippen LogP contribution in [0, 0.1) is 10.1 Å². The highest BCUT2D eigenvalue weighted by Crippen LogP contribution is 2.19. The van der Waals surface area contributed by atoms with Gasteiger partial charge in [-0.1, -0.05) is 6.07 Å². The van der Waals surface area contributed by atoms with Crippen molar-refractivity contribution in [3.8, 4) is 5.75 Å². The molecule has 0 heterocycles. The number of non-ortho nitro benzene ring substituents is 1. The lowest BCUT2D eigenvalue weighted by atomic mass is 10.1. The summed E-state index contributed by atoms with van der Waals surface area (Å²) in [5.41, 5.74) is -0.892. The number of nitrogens with zero attached hydrogens (tertiary/aromatic N) is 2. The molecule has 2 N–H and O–H groups in total. The zero-order valence-electron chi connectivity index (χ0n) is 12.5. The van der Waals surface area contributed by atoms with Crippen molar-refractivity contribution in [3.05, 3.63) is 34.4 Å². The van der Waals surface area contributed by atoms with Crippen molar-refractivity contribution in [1.29, 1.82) is 0 Å². The second kappa shape index (κ2) is 7.35. The van der Waals surface area contributed by atoms with Crippen LogP contribution in [-0.4, -0.2) is 58.5 Å². The Balaban J connectivity index is 2.44. The Morgan fingerprint density at radius 2 is 2.14 bits per heavy atom. The van der Waals surface area contributed by atoms with E-state index in [1.165, 1.54) is 18.2 Å². The summed E-state index contributed by atoms with van der Waals surface area (Å²) < 4.78 is 5.35. The number of nitro groups is 1. The normalized spacial score (nSPS) is 13.2. The third-order valence-corrected chi connectivity index (χ3v) is 2.65. The number of hydrogen-bond acceptors (Lipinski definition) is 6. The fourth-order valence-electron chi connectivity index (χ4n) is 2.02. The van der Waals surface area contributed by atoms with Crippen LogP contribution in [0.25, 0.3) is 0 Å². The first-order valence-corrected chi connectivity index (χ1v) is 6.63. The van der Waals surface area contributed by atoms with Gasteiger partial charge in [-0.25, -0.2) is 0 Å². The molecule has 118 valence electrons. The molecule has 1 aromatic carbocycles. The largest absolute Gasteiger partial charge is 0.491 e. The number of ether oxygens (including phenoxy) is 1. The van der Waals surface area contributed by atoms with Gasteiger partial charge in [-0.15, -0.1) is 0 Å². The topological polar surface area (TPSA) is 96.1 Å². The first-order chi connectivity index (χ1) is 9.67. The van der Waals surface area contributed by atoms with Crippen LogP contribution in [-0.2, 0) is 0 Å². The van der Waals surface area contributed by atoms with Crippen molar-refractivity contribution >= 4 is 5.69 Å². The molecule has 1 unspecified atom stereocenters. The van der Waals surface area contributed by atoms with E-state index >= 15 is 0 Å². The van der Waals surface area contributed by atoms with E-state index in [0.717, 1.165) is 0 Å². The monoisotopic (exact) mass is 298 g/mol. The van der Waals surface area contributed by atoms with Gasteiger partial charge < -0.3 is 19.8 Å². The molecule has 0 saturated heterocycles. The van der Waals surface area contributed by atoms with E-state index in [-0.39, 0.29) is 12.3 Å². The maximum atomic E-state index is 10.6. The molecular formula is C14H22N2O5. The zero-order chi connectivity index (χ0) is 16.0. The Labute approximate surface area is 123 Å². The van der Waals surface area contributed by atoms with Gasteiger partial charge >= 0.3 is 0 Å². The van der Waals surface area contributed by atoms with E-state index < -0.39 is 16.6 Å². The first kappa shape index (κ1) is 17.4. The maximum Gasteiger partial charge on any atom is 0.273 e. The van der Waals surface area contributed by atoms with Gasteiger partial charge in [0.2, 0.25) is 0 Å². The van der Waals surface area contributed by atoms with Crippen molar-refractivity contribution in [1.82, 2.24) is 4.90 Å². The summed E-state index contributed by atoms with van der Waals surface area (Å²) in [6, 6.07) is 5.81. The predicted octanol–water partition coefficient (Wildman–Crippen LogP) is 1.04. The van der Waals surface area contributed by atoms with Gasteiger partial charge in [-0.05, 0) is 27.0 Å².